The van der Waals surface area contributed by atoms with Crippen molar-refractivity contribution in [1.29, 1.82) is 0 Å². The smallest absolute Gasteiger partial charge is 0.330 e. The maximum absolute atomic E-state index is 10.0. The predicted molar refractivity (Wildman–Crippen MR) is 57.6 cm³/mol. The van der Waals surface area contributed by atoms with Gasteiger partial charge < -0.3 is 15.9 Å². The summed E-state index contributed by atoms with van der Waals surface area (Å²) in [6.45, 7) is 3.96. The van der Waals surface area contributed by atoms with Gasteiger partial charge in [0.25, 0.3) is 0 Å². The molecule has 0 heterocycles. The first-order valence-electron chi connectivity index (χ1n) is 4.77. The Hall–Kier alpha value is -1.36. The van der Waals surface area contributed by atoms with E-state index < -0.39 is 11.9 Å². The third-order valence-electron chi connectivity index (χ3n) is 1.44. The molecule has 0 fully saturated rings. The molecule has 0 unspecified atom stereocenters. The number of allylic oxidation sites excluding steroid dienone is 1. The highest BCUT2D eigenvalue weighted by molar-refractivity contribution is 5.85. The highest BCUT2D eigenvalue weighted by Crippen LogP contribution is 1.92. The molecule has 0 aromatic heterocycles. The monoisotopic (exact) mass is 217 g/mol. The Morgan fingerprint density at radius 3 is 2.00 bits per heavy atom. The van der Waals surface area contributed by atoms with Crippen molar-refractivity contribution in [3.63, 3.8) is 0 Å². The lowest BCUT2D eigenvalue weighted by molar-refractivity contribution is -0.137. The van der Waals surface area contributed by atoms with Gasteiger partial charge in [0, 0.05) is 12.0 Å². The lowest BCUT2D eigenvalue weighted by Gasteiger charge is -1.87. The van der Waals surface area contributed by atoms with E-state index in [9.17, 15) is 9.59 Å². The molecule has 0 atom stereocenters. The third kappa shape index (κ3) is 15.4. The third-order valence-corrected chi connectivity index (χ3v) is 1.44. The highest BCUT2D eigenvalue weighted by atomic mass is 16.4. The molecule has 0 amide bonds. The molecule has 0 rings (SSSR count). The first-order valence-corrected chi connectivity index (χ1v) is 4.77. The van der Waals surface area contributed by atoms with Crippen molar-refractivity contribution in [3.05, 3.63) is 11.6 Å². The van der Waals surface area contributed by atoms with Gasteiger partial charge in [0.1, 0.15) is 0 Å². The van der Waals surface area contributed by atoms with E-state index in [2.05, 4.69) is 0 Å². The molecular weight excluding hydrogens is 198 g/mol. The Morgan fingerprint density at radius 1 is 1.33 bits per heavy atom. The molecule has 0 aromatic rings. The number of carboxylic acid groups (broad SMARTS) is 2. The van der Waals surface area contributed by atoms with Crippen LogP contribution in [0.3, 0.4) is 0 Å². The zero-order chi connectivity index (χ0) is 12.3. The first-order chi connectivity index (χ1) is 6.95. The Kier molecular flexibility index (Phi) is 11.5. The summed E-state index contributed by atoms with van der Waals surface area (Å²) in [6.07, 6.45) is 3.24. The zero-order valence-electron chi connectivity index (χ0n) is 9.19. The number of hydrogen-bond acceptors (Lipinski definition) is 3. The van der Waals surface area contributed by atoms with E-state index in [-0.39, 0.29) is 6.42 Å². The van der Waals surface area contributed by atoms with E-state index in [4.69, 9.17) is 15.9 Å². The van der Waals surface area contributed by atoms with Gasteiger partial charge in [-0.25, -0.2) is 4.79 Å². The van der Waals surface area contributed by atoms with Gasteiger partial charge in [-0.05, 0) is 26.3 Å². The second-order valence-electron chi connectivity index (χ2n) is 2.89. The van der Waals surface area contributed by atoms with Crippen molar-refractivity contribution < 1.29 is 19.8 Å². The minimum absolute atomic E-state index is 0.191. The lowest BCUT2D eigenvalue weighted by atomic mass is 10.2. The summed E-state index contributed by atoms with van der Waals surface area (Å²) >= 11 is 0. The first kappa shape index (κ1) is 16.1. The van der Waals surface area contributed by atoms with Gasteiger partial charge in [0.05, 0.1) is 0 Å². The fourth-order valence-electron chi connectivity index (χ4n) is 0.647. The zero-order valence-corrected chi connectivity index (χ0v) is 9.19. The van der Waals surface area contributed by atoms with Crippen LogP contribution in [0.1, 0.15) is 33.1 Å². The molecule has 0 spiro atoms. The van der Waals surface area contributed by atoms with Crippen molar-refractivity contribution in [2.24, 2.45) is 5.73 Å². The molecule has 0 aromatic carbocycles. The molecule has 0 aliphatic rings. The van der Waals surface area contributed by atoms with E-state index >= 15 is 0 Å². The second kappa shape index (κ2) is 10.7. The van der Waals surface area contributed by atoms with Crippen LogP contribution >= 0.6 is 0 Å². The minimum atomic E-state index is -0.827. The summed E-state index contributed by atoms with van der Waals surface area (Å²) in [5.41, 5.74) is 5.44. The van der Waals surface area contributed by atoms with Crippen LogP contribution in [0.2, 0.25) is 0 Å². The Labute approximate surface area is 89.6 Å². The number of rotatable bonds is 5. The van der Waals surface area contributed by atoms with Crippen LogP contribution in [0.5, 0.6) is 0 Å². The average Bonchev–Trinajstić information content (AvgIpc) is 2.16. The molecule has 0 bridgehead atoms. The van der Waals surface area contributed by atoms with Crippen molar-refractivity contribution in [3.8, 4) is 0 Å². The van der Waals surface area contributed by atoms with Crippen LogP contribution in [0, 0.1) is 0 Å². The molecule has 15 heavy (non-hydrogen) atoms. The summed E-state index contributed by atoms with van der Waals surface area (Å²) in [7, 11) is 0. The number of carboxylic acids is 2. The van der Waals surface area contributed by atoms with Gasteiger partial charge in [-0.15, -0.1) is 0 Å². The van der Waals surface area contributed by atoms with Crippen LogP contribution in [-0.4, -0.2) is 28.7 Å². The van der Waals surface area contributed by atoms with Crippen molar-refractivity contribution in [2.45, 2.75) is 33.1 Å². The van der Waals surface area contributed by atoms with Gasteiger partial charge in [0.15, 0.2) is 0 Å². The van der Waals surface area contributed by atoms with Crippen molar-refractivity contribution in [1.82, 2.24) is 0 Å². The fourth-order valence-corrected chi connectivity index (χ4v) is 0.647. The van der Waals surface area contributed by atoms with Gasteiger partial charge >= 0.3 is 11.9 Å². The topological polar surface area (TPSA) is 101 Å². The van der Waals surface area contributed by atoms with Crippen molar-refractivity contribution in [2.75, 3.05) is 6.54 Å². The standard InChI is InChI=1S/C6H10O2.C4H9NO2/c1-3-4-5(2)6(7)8;5-3-1-2-4(6)7/h4H,3H2,1-2H3,(H,7,8);1-3,5H2,(H,6,7). The van der Waals surface area contributed by atoms with Crippen LogP contribution < -0.4 is 5.73 Å². The summed E-state index contributed by atoms with van der Waals surface area (Å²) in [4.78, 5) is 19.7. The van der Waals surface area contributed by atoms with E-state index in [1.165, 1.54) is 0 Å². The van der Waals surface area contributed by atoms with Crippen LogP contribution in [0.15, 0.2) is 11.6 Å². The minimum Gasteiger partial charge on any atom is -0.481 e. The Morgan fingerprint density at radius 2 is 1.87 bits per heavy atom. The van der Waals surface area contributed by atoms with Crippen LogP contribution in [0.4, 0.5) is 0 Å². The van der Waals surface area contributed by atoms with Gasteiger partial charge in [0.2, 0.25) is 0 Å². The van der Waals surface area contributed by atoms with E-state index in [1.807, 2.05) is 6.92 Å². The molecule has 0 aliphatic carbocycles. The molecule has 0 aliphatic heterocycles. The average molecular weight is 217 g/mol. The molecular formula is C10H19NO4. The summed E-state index contributed by atoms with van der Waals surface area (Å²) in [6, 6.07) is 0. The van der Waals surface area contributed by atoms with Gasteiger partial charge in [-0.1, -0.05) is 13.0 Å². The Bertz CT molecular complexity index is 223. The maximum atomic E-state index is 10.0. The van der Waals surface area contributed by atoms with Crippen molar-refractivity contribution >= 4 is 11.9 Å². The highest BCUT2D eigenvalue weighted by Gasteiger charge is 1.95. The normalized spacial score (nSPS) is 10.2. The summed E-state index contributed by atoms with van der Waals surface area (Å²) in [5, 5.41) is 16.2. The van der Waals surface area contributed by atoms with Crippen LogP contribution in [-0.2, 0) is 9.59 Å². The van der Waals surface area contributed by atoms with Gasteiger partial charge in [-0.3, -0.25) is 4.79 Å². The molecule has 4 N–H and O–H groups in total. The van der Waals surface area contributed by atoms with Gasteiger partial charge in [-0.2, -0.15) is 0 Å². The summed E-state index contributed by atoms with van der Waals surface area (Å²) in [5.74, 6) is -1.60. The predicted octanol–water partition coefficient (Wildman–Crippen LogP) is 1.24. The number of nitrogens with two attached hydrogens (primary N) is 1. The van der Waals surface area contributed by atoms with E-state index in [0.717, 1.165) is 6.42 Å². The molecule has 0 saturated heterocycles. The van der Waals surface area contributed by atoms with E-state index in [0.29, 0.717) is 18.5 Å². The maximum Gasteiger partial charge on any atom is 0.330 e. The fraction of sp³-hybridized carbons (Fsp3) is 0.600. The number of carbonyl (C=O) groups is 2. The largest absolute Gasteiger partial charge is 0.481 e. The van der Waals surface area contributed by atoms with E-state index in [1.54, 1.807) is 13.0 Å². The summed E-state index contributed by atoms with van der Waals surface area (Å²) < 4.78 is 0. The molecule has 5 nitrogen and oxygen atoms in total. The Balaban J connectivity index is 0. The lowest BCUT2D eigenvalue weighted by Crippen LogP contribution is -2.02. The number of hydrogen-bond donors (Lipinski definition) is 3. The molecule has 88 valence electrons. The SMILES string of the molecule is CCC=C(C)C(=O)O.NCCCC(=O)O. The molecule has 5 heteroatoms. The van der Waals surface area contributed by atoms with Crippen LogP contribution in [0.25, 0.3) is 0 Å². The quantitative estimate of drug-likeness (QED) is 0.601. The second-order valence-corrected chi connectivity index (χ2v) is 2.89. The molecule has 0 saturated carbocycles. The number of aliphatic carboxylic acids is 2. The molecule has 0 radical (unpaired) electrons.